The van der Waals surface area contributed by atoms with Gasteiger partial charge in [0, 0.05) is 6.61 Å². The van der Waals surface area contributed by atoms with Crippen molar-refractivity contribution in [2.75, 3.05) is 13.2 Å². The second kappa shape index (κ2) is 8.66. The highest BCUT2D eigenvalue weighted by Crippen LogP contribution is 2.31. The number of aryl methyl sites for hydroxylation is 2. The average Bonchev–Trinajstić information content (AvgIpc) is 2.72. The molecule has 2 aromatic rings. The molecule has 136 valence electrons. The summed E-state index contributed by atoms with van der Waals surface area (Å²) in [5, 5.41) is 0. The molecule has 0 radical (unpaired) electrons. The van der Waals surface area contributed by atoms with Gasteiger partial charge in [0.05, 0.1) is 6.61 Å². The Morgan fingerprint density at radius 2 is 1.92 bits per heavy atom. The van der Waals surface area contributed by atoms with E-state index >= 15 is 0 Å². The molecule has 0 aromatic heterocycles. The van der Waals surface area contributed by atoms with Crippen LogP contribution < -0.4 is 0 Å². The molecule has 1 heterocycles. The van der Waals surface area contributed by atoms with Gasteiger partial charge in [0.25, 0.3) is 0 Å². The van der Waals surface area contributed by atoms with E-state index in [2.05, 4.69) is 54.6 Å². The Bertz CT molecular complexity index is 742. The van der Waals surface area contributed by atoms with Crippen LogP contribution >= 0.6 is 0 Å². The summed E-state index contributed by atoms with van der Waals surface area (Å²) in [6, 6.07) is 17.7. The lowest BCUT2D eigenvalue weighted by molar-refractivity contribution is -0.162. The Morgan fingerprint density at radius 3 is 2.77 bits per heavy atom. The van der Waals surface area contributed by atoms with Crippen LogP contribution in [0.3, 0.4) is 0 Å². The van der Waals surface area contributed by atoms with Gasteiger partial charge in [-0.2, -0.15) is 0 Å². The summed E-state index contributed by atoms with van der Waals surface area (Å²) < 4.78 is 11.5. The number of hydrogen-bond donors (Lipinski definition) is 0. The van der Waals surface area contributed by atoms with Crippen LogP contribution in [0.15, 0.2) is 48.5 Å². The Hall–Kier alpha value is -1.90. The van der Waals surface area contributed by atoms with Crippen LogP contribution in [0.2, 0.25) is 0 Å². The highest BCUT2D eigenvalue weighted by molar-refractivity contribution is 5.84. The molecule has 1 saturated heterocycles. The van der Waals surface area contributed by atoms with Crippen LogP contribution in [0.1, 0.15) is 54.4 Å². The second-order valence-electron chi connectivity index (χ2n) is 7.34. The first-order valence-electron chi connectivity index (χ1n) is 9.99. The van der Waals surface area contributed by atoms with Gasteiger partial charge < -0.3 is 9.47 Å². The van der Waals surface area contributed by atoms with Gasteiger partial charge in [-0.25, -0.2) is 0 Å². The van der Waals surface area contributed by atoms with E-state index in [0.717, 1.165) is 45.3 Å². The zero-order valence-corrected chi connectivity index (χ0v) is 15.5. The number of ether oxygens (including phenoxy) is 2. The molecule has 0 spiro atoms. The average molecular weight is 348 g/mol. The molecule has 2 aliphatic rings. The molecule has 4 rings (SSSR count). The third kappa shape index (κ3) is 4.44. The minimum Gasteiger partial charge on any atom is -0.353 e. The lowest BCUT2D eigenvalue weighted by atomic mass is 9.87. The van der Waals surface area contributed by atoms with Crippen LogP contribution in [0.5, 0.6) is 0 Å². The number of rotatable bonds is 6. The molecule has 1 aliphatic carbocycles. The molecule has 2 heteroatoms. The standard InChI is InChI=1S/C24H28O2/c1-2-8-20(9-3-1)22-14-13-21-12-11-19(17-23(21)18-22)7-6-16-26-24-10-4-5-15-25-24/h1-3,8-9,11-12,17-18,24H,4-7,10,13-16H2. The first-order chi connectivity index (χ1) is 12.9. The number of fused-ring (bicyclic) bond motifs is 1. The predicted molar refractivity (Wildman–Crippen MR) is 107 cm³/mol. The van der Waals surface area contributed by atoms with E-state index in [-0.39, 0.29) is 6.29 Å². The summed E-state index contributed by atoms with van der Waals surface area (Å²) in [7, 11) is 0. The van der Waals surface area contributed by atoms with E-state index in [9.17, 15) is 0 Å². The molecular formula is C24H28O2. The third-order valence-electron chi connectivity index (χ3n) is 5.40. The topological polar surface area (TPSA) is 18.5 Å². The fourth-order valence-electron chi connectivity index (χ4n) is 3.90. The number of hydrogen-bond acceptors (Lipinski definition) is 2. The third-order valence-corrected chi connectivity index (χ3v) is 5.40. The molecule has 0 bridgehead atoms. The quantitative estimate of drug-likeness (QED) is 0.628. The van der Waals surface area contributed by atoms with Crippen molar-refractivity contribution in [3.05, 3.63) is 70.8 Å². The van der Waals surface area contributed by atoms with Crippen molar-refractivity contribution in [2.24, 2.45) is 0 Å². The summed E-state index contributed by atoms with van der Waals surface area (Å²) in [6.45, 7) is 1.64. The fraction of sp³-hybridized carbons (Fsp3) is 0.417. The molecule has 1 fully saturated rings. The van der Waals surface area contributed by atoms with E-state index < -0.39 is 0 Å². The molecule has 0 amide bonds. The molecule has 1 aliphatic heterocycles. The van der Waals surface area contributed by atoms with Crippen LogP contribution in [-0.2, 0) is 22.3 Å². The number of allylic oxidation sites excluding steroid dienone is 1. The molecule has 0 saturated carbocycles. The van der Waals surface area contributed by atoms with E-state index in [4.69, 9.17) is 9.47 Å². The Kier molecular flexibility index (Phi) is 5.83. The van der Waals surface area contributed by atoms with Crippen molar-refractivity contribution in [3.8, 4) is 0 Å². The summed E-state index contributed by atoms with van der Waals surface area (Å²) in [6.07, 6.45) is 10.2. The monoisotopic (exact) mass is 348 g/mol. The van der Waals surface area contributed by atoms with Crippen LogP contribution in [0.25, 0.3) is 11.6 Å². The SMILES string of the molecule is C1=C(c2ccccc2)CCc2ccc(CCCOC3CCCCO3)cc21. The first-order valence-corrected chi connectivity index (χ1v) is 9.99. The Balaban J connectivity index is 1.35. The Labute approximate surface area is 156 Å². The van der Waals surface area contributed by atoms with E-state index in [1.807, 2.05) is 0 Å². The maximum absolute atomic E-state index is 5.86. The Morgan fingerprint density at radius 1 is 1.00 bits per heavy atom. The lowest BCUT2D eigenvalue weighted by Crippen LogP contribution is -2.22. The highest BCUT2D eigenvalue weighted by atomic mass is 16.7. The van der Waals surface area contributed by atoms with Gasteiger partial charge >= 0.3 is 0 Å². The van der Waals surface area contributed by atoms with Gasteiger partial charge in [-0.1, -0.05) is 54.6 Å². The highest BCUT2D eigenvalue weighted by Gasteiger charge is 2.14. The molecule has 1 unspecified atom stereocenters. The van der Waals surface area contributed by atoms with Crippen molar-refractivity contribution in [2.45, 2.75) is 51.2 Å². The molecule has 1 atom stereocenters. The van der Waals surface area contributed by atoms with Crippen molar-refractivity contribution in [3.63, 3.8) is 0 Å². The molecule has 2 aromatic carbocycles. The van der Waals surface area contributed by atoms with Crippen LogP contribution in [0, 0.1) is 0 Å². The summed E-state index contributed by atoms with van der Waals surface area (Å²) in [5.74, 6) is 0. The van der Waals surface area contributed by atoms with Gasteiger partial charge in [-0.3, -0.25) is 0 Å². The number of benzene rings is 2. The van der Waals surface area contributed by atoms with Crippen molar-refractivity contribution in [1.29, 1.82) is 0 Å². The molecular weight excluding hydrogens is 320 g/mol. The molecule has 2 nitrogen and oxygen atoms in total. The van der Waals surface area contributed by atoms with Gasteiger partial charge in [-0.05, 0) is 72.8 Å². The van der Waals surface area contributed by atoms with Crippen molar-refractivity contribution < 1.29 is 9.47 Å². The van der Waals surface area contributed by atoms with Gasteiger partial charge in [-0.15, -0.1) is 0 Å². The van der Waals surface area contributed by atoms with Crippen molar-refractivity contribution >= 4 is 11.6 Å². The van der Waals surface area contributed by atoms with Crippen LogP contribution in [-0.4, -0.2) is 19.5 Å². The van der Waals surface area contributed by atoms with Gasteiger partial charge in [0.1, 0.15) is 0 Å². The first kappa shape index (κ1) is 17.5. The zero-order valence-electron chi connectivity index (χ0n) is 15.5. The maximum Gasteiger partial charge on any atom is 0.157 e. The fourth-order valence-corrected chi connectivity index (χ4v) is 3.90. The van der Waals surface area contributed by atoms with E-state index in [1.165, 1.54) is 40.7 Å². The van der Waals surface area contributed by atoms with E-state index in [1.54, 1.807) is 0 Å². The summed E-state index contributed by atoms with van der Waals surface area (Å²) in [4.78, 5) is 0. The largest absolute Gasteiger partial charge is 0.353 e. The lowest BCUT2D eigenvalue weighted by Gasteiger charge is -2.22. The normalized spacial score (nSPS) is 19.7. The minimum atomic E-state index is 0.0312. The van der Waals surface area contributed by atoms with Crippen LogP contribution in [0.4, 0.5) is 0 Å². The summed E-state index contributed by atoms with van der Waals surface area (Å²) >= 11 is 0. The van der Waals surface area contributed by atoms with E-state index in [0.29, 0.717) is 0 Å². The van der Waals surface area contributed by atoms with Gasteiger partial charge in [0.15, 0.2) is 6.29 Å². The maximum atomic E-state index is 5.86. The smallest absolute Gasteiger partial charge is 0.157 e. The van der Waals surface area contributed by atoms with Gasteiger partial charge in [0.2, 0.25) is 0 Å². The predicted octanol–water partition coefficient (Wildman–Crippen LogP) is 5.65. The molecule has 0 N–H and O–H groups in total. The zero-order chi connectivity index (χ0) is 17.6. The summed E-state index contributed by atoms with van der Waals surface area (Å²) in [5.41, 5.74) is 7.07. The molecule has 26 heavy (non-hydrogen) atoms. The second-order valence-corrected chi connectivity index (χ2v) is 7.34. The minimum absolute atomic E-state index is 0.0312. The van der Waals surface area contributed by atoms with Crippen molar-refractivity contribution in [1.82, 2.24) is 0 Å².